The van der Waals surface area contributed by atoms with Crippen molar-refractivity contribution >= 4 is 23.9 Å². The molecule has 0 heterocycles. The molecule has 3 aromatic rings. The maximum atomic E-state index is 14.7. The maximum absolute atomic E-state index is 14.7. The third kappa shape index (κ3) is 11.8. The van der Waals surface area contributed by atoms with Crippen molar-refractivity contribution in [2.24, 2.45) is 0 Å². The zero-order chi connectivity index (χ0) is 37.2. The zero-order valence-corrected chi connectivity index (χ0v) is 30.4. The number of phenols is 1. The van der Waals surface area contributed by atoms with E-state index in [9.17, 15) is 24.3 Å². The molecule has 0 aromatic heterocycles. The smallest absolute Gasteiger partial charge is 0.408 e. The van der Waals surface area contributed by atoms with Crippen LogP contribution in [0, 0.1) is 13.8 Å². The second kappa shape index (κ2) is 17.0. The van der Waals surface area contributed by atoms with Crippen molar-refractivity contribution in [3.63, 3.8) is 0 Å². The molecule has 0 bridgehead atoms. The number of nitrogens with zero attached hydrogens (tertiary/aromatic N) is 1. The van der Waals surface area contributed by atoms with Crippen LogP contribution in [0.3, 0.4) is 0 Å². The number of carbonyl (C=O) groups is 4. The number of benzene rings is 3. The molecule has 3 rings (SSSR count). The van der Waals surface area contributed by atoms with E-state index in [-0.39, 0.29) is 25.1 Å². The second-order valence-corrected chi connectivity index (χ2v) is 14.3. The van der Waals surface area contributed by atoms with E-state index >= 15 is 0 Å². The van der Waals surface area contributed by atoms with Crippen LogP contribution in [0.1, 0.15) is 75.4 Å². The van der Waals surface area contributed by atoms with Gasteiger partial charge in [-0.15, -0.1) is 6.58 Å². The molecule has 0 aliphatic heterocycles. The lowest BCUT2D eigenvalue weighted by molar-refractivity contribution is -0.159. The van der Waals surface area contributed by atoms with E-state index in [1.165, 1.54) is 23.1 Å². The van der Waals surface area contributed by atoms with Crippen molar-refractivity contribution in [2.45, 2.75) is 97.6 Å². The van der Waals surface area contributed by atoms with Gasteiger partial charge in [0.15, 0.2) is 0 Å². The normalized spacial score (nSPS) is 13.3. The molecular weight excluding hydrogens is 634 g/mol. The van der Waals surface area contributed by atoms with Crippen LogP contribution in [-0.2, 0) is 36.7 Å². The average Bonchev–Trinajstić information content (AvgIpc) is 3.01. The van der Waals surface area contributed by atoms with Crippen LogP contribution in [-0.4, -0.2) is 63.7 Å². The number of aryl methyl sites for hydroxylation is 1. The number of ether oxygens (including phenoxy) is 2. The molecule has 0 aliphatic rings. The highest BCUT2D eigenvalue weighted by molar-refractivity contribution is 5.94. The Morgan fingerprint density at radius 2 is 1.36 bits per heavy atom. The molecule has 3 amide bonds. The van der Waals surface area contributed by atoms with Gasteiger partial charge >= 0.3 is 12.1 Å². The van der Waals surface area contributed by atoms with Gasteiger partial charge in [0.1, 0.15) is 35.1 Å². The van der Waals surface area contributed by atoms with Crippen molar-refractivity contribution < 1.29 is 33.8 Å². The summed E-state index contributed by atoms with van der Waals surface area (Å²) in [5.41, 5.74) is 2.02. The van der Waals surface area contributed by atoms with Crippen LogP contribution in [0.2, 0.25) is 0 Å². The van der Waals surface area contributed by atoms with E-state index in [1.54, 1.807) is 65.8 Å². The van der Waals surface area contributed by atoms with Crippen LogP contribution < -0.4 is 10.6 Å². The molecule has 3 N–H and O–H groups in total. The minimum atomic E-state index is -1.23. The number of nitrogens with one attached hydrogen (secondary N) is 2. The molecule has 10 heteroatoms. The van der Waals surface area contributed by atoms with Gasteiger partial charge in [-0.1, -0.05) is 66.7 Å². The fourth-order valence-electron chi connectivity index (χ4n) is 5.37. The van der Waals surface area contributed by atoms with Gasteiger partial charge in [-0.2, -0.15) is 0 Å². The highest BCUT2D eigenvalue weighted by atomic mass is 16.6. The number of aromatic hydroxyl groups is 1. The Morgan fingerprint density at radius 1 is 0.780 bits per heavy atom. The lowest BCUT2D eigenvalue weighted by Gasteiger charge is -2.35. The number of amides is 3. The molecule has 10 nitrogen and oxygen atoms in total. The van der Waals surface area contributed by atoms with E-state index in [0.29, 0.717) is 11.1 Å². The maximum Gasteiger partial charge on any atom is 0.408 e. The van der Waals surface area contributed by atoms with Gasteiger partial charge in [0, 0.05) is 19.4 Å². The number of alkyl carbamates (subject to hydrolysis) is 1. The second-order valence-electron chi connectivity index (χ2n) is 14.3. The molecule has 3 unspecified atom stereocenters. The van der Waals surface area contributed by atoms with Gasteiger partial charge in [-0.25, -0.2) is 9.59 Å². The van der Waals surface area contributed by atoms with Crippen LogP contribution in [0.5, 0.6) is 5.75 Å². The van der Waals surface area contributed by atoms with Crippen molar-refractivity contribution in [2.75, 3.05) is 6.54 Å². The first kappa shape index (κ1) is 39.3. The van der Waals surface area contributed by atoms with Gasteiger partial charge < -0.3 is 30.1 Å². The predicted molar refractivity (Wildman–Crippen MR) is 193 cm³/mol. The van der Waals surface area contributed by atoms with E-state index in [1.807, 2.05) is 50.2 Å². The number of hydrogen-bond acceptors (Lipinski definition) is 7. The largest absolute Gasteiger partial charge is 0.508 e. The Morgan fingerprint density at radius 3 is 1.94 bits per heavy atom. The molecule has 3 aromatic carbocycles. The van der Waals surface area contributed by atoms with Crippen molar-refractivity contribution in [1.29, 1.82) is 0 Å². The van der Waals surface area contributed by atoms with Crippen LogP contribution in [0.4, 0.5) is 4.79 Å². The predicted octanol–water partition coefficient (Wildman–Crippen LogP) is 6.27. The van der Waals surface area contributed by atoms with Crippen LogP contribution in [0.25, 0.3) is 0 Å². The van der Waals surface area contributed by atoms with Gasteiger partial charge in [0.2, 0.25) is 11.8 Å². The molecule has 0 saturated carbocycles. The molecular formula is C40H51N3O7. The van der Waals surface area contributed by atoms with E-state index in [2.05, 4.69) is 17.2 Å². The van der Waals surface area contributed by atoms with Gasteiger partial charge in [-0.05, 0) is 95.3 Å². The first-order chi connectivity index (χ1) is 23.4. The molecule has 0 radical (unpaired) electrons. The van der Waals surface area contributed by atoms with Crippen molar-refractivity contribution in [3.05, 3.63) is 113 Å². The van der Waals surface area contributed by atoms with Crippen molar-refractivity contribution in [3.8, 4) is 5.75 Å². The molecule has 0 saturated heterocycles. The summed E-state index contributed by atoms with van der Waals surface area (Å²) in [6, 6.07) is 17.5. The standard InChI is InChI=1S/C40H51N3O7/c1-10-23-43(36(46)32(42-38(48)50-40(7,8)9)24-29-19-21-30(44)22-20-29)34(31-18-14-15-26(2)27(31)3)35(45)41-33(37(47)49-39(4,5)6)25-28-16-12-11-13-17-28/h10-22,32-34,44H,1,23-25H2,2-9H3,(H,41,45)(H,42,48). The number of esters is 1. The summed E-state index contributed by atoms with van der Waals surface area (Å²) in [6.07, 6.45) is 0.875. The fraction of sp³-hybridized carbons (Fsp3) is 0.400. The topological polar surface area (TPSA) is 134 Å². The van der Waals surface area contributed by atoms with Crippen molar-refractivity contribution in [1.82, 2.24) is 15.5 Å². The molecule has 50 heavy (non-hydrogen) atoms. The minimum Gasteiger partial charge on any atom is -0.508 e. The van der Waals surface area contributed by atoms with E-state index < -0.39 is 53.2 Å². The van der Waals surface area contributed by atoms with Crippen LogP contribution >= 0.6 is 0 Å². The molecule has 268 valence electrons. The highest BCUT2D eigenvalue weighted by Gasteiger charge is 2.39. The summed E-state index contributed by atoms with van der Waals surface area (Å²) in [7, 11) is 0. The average molecular weight is 686 g/mol. The quantitative estimate of drug-likeness (QED) is 0.143. The Hall–Kier alpha value is -5.12. The first-order valence-electron chi connectivity index (χ1n) is 16.7. The van der Waals surface area contributed by atoms with E-state index in [0.717, 1.165) is 16.7 Å². The van der Waals surface area contributed by atoms with Gasteiger partial charge in [0.25, 0.3) is 0 Å². The monoisotopic (exact) mass is 685 g/mol. The van der Waals surface area contributed by atoms with Crippen LogP contribution in [0.15, 0.2) is 85.5 Å². The summed E-state index contributed by atoms with van der Waals surface area (Å²) >= 11 is 0. The summed E-state index contributed by atoms with van der Waals surface area (Å²) in [5, 5.41) is 15.5. The first-order valence-corrected chi connectivity index (χ1v) is 16.7. The molecule has 0 spiro atoms. The third-order valence-electron chi connectivity index (χ3n) is 7.77. The number of hydrogen-bond donors (Lipinski definition) is 3. The third-order valence-corrected chi connectivity index (χ3v) is 7.77. The number of phenolic OH excluding ortho intramolecular Hbond substituents is 1. The minimum absolute atomic E-state index is 0.0294. The number of carbonyl (C=O) groups excluding carboxylic acids is 4. The highest BCUT2D eigenvalue weighted by Crippen LogP contribution is 2.28. The lowest BCUT2D eigenvalue weighted by atomic mass is 9.94. The zero-order valence-electron chi connectivity index (χ0n) is 30.4. The molecule has 0 aliphatic carbocycles. The summed E-state index contributed by atoms with van der Waals surface area (Å²) < 4.78 is 11.2. The van der Waals surface area contributed by atoms with Gasteiger partial charge in [-0.3, -0.25) is 9.59 Å². The van der Waals surface area contributed by atoms with Gasteiger partial charge in [0.05, 0.1) is 0 Å². The van der Waals surface area contributed by atoms with E-state index in [4.69, 9.17) is 9.47 Å². The Labute approximate surface area is 295 Å². The Bertz CT molecular complexity index is 1640. The summed E-state index contributed by atoms with van der Waals surface area (Å²) in [4.78, 5) is 57.3. The Kier molecular flexibility index (Phi) is 13.4. The summed E-state index contributed by atoms with van der Waals surface area (Å²) in [6.45, 7) is 18.0. The Balaban J connectivity index is 2.13. The number of rotatable bonds is 13. The lowest BCUT2D eigenvalue weighted by Crippen LogP contribution is -2.55. The fourth-order valence-corrected chi connectivity index (χ4v) is 5.37. The molecule has 3 atom stereocenters. The molecule has 0 fully saturated rings. The SMILES string of the molecule is C=CCN(C(=O)C(Cc1ccc(O)cc1)NC(=O)OC(C)(C)C)C(C(=O)NC(Cc1ccccc1)C(=O)OC(C)(C)C)c1cccc(C)c1C. The summed E-state index contributed by atoms with van der Waals surface area (Å²) in [5.74, 6) is -1.76.